The average molecular weight is 241 g/mol. The summed E-state index contributed by atoms with van der Waals surface area (Å²) in [5.41, 5.74) is -0.0370. The third kappa shape index (κ3) is 4.11. The van der Waals surface area contributed by atoms with E-state index in [1.807, 2.05) is 6.08 Å². The Bertz CT molecular complexity index is 195. The molecule has 0 amide bonds. The average Bonchev–Trinajstić information content (AvgIpc) is 2.36. The number of allylic oxidation sites excluding steroid dienone is 1. The molecule has 0 radical (unpaired) electrons. The summed E-state index contributed by atoms with van der Waals surface area (Å²) < 4.78 is 0. The first-order chi connectivity index (χ1) is 8.12. The lowest BCUT2D eigenvalue weighted by atomic mass is 9.82. The van der Waals surface area contributed by atoms with Gasteiger partial charge in [0.25, 0.3) is 0 Å². The molecule has 0 saturated carbocycles. The molecule has 0 spiro atoms. The fourth-order valence-corrected chi connectivity index (χ4v) is 2.96. The van der Waals surface area contributed by atoms with Crippen LogP contribution in [0.15, 0.2) is 12.7 Å². The first-order valence-electron chi connectivity index (χ1n) is 7.16. The van der Waals surface area contributed by atoms with E-state index < -0.39 is 0 Å². The Balaban J connectivity index is 4.71. The van der Waals surface area contributed by atoms with E-state index in [9.17, 15) is 5.11 Å². The Morgan fingerprint density at radius 2 is 1.71 bits per heavy atom. The van der Waals surface area contributed by atoms with Crippen molar-refractivity contribution < 1.29 is 5.11 Å². The maximum atomic E-state index is 10.5. The number of aliphatic hydroxyl groups excluding tert-OH is 1. The number of likely N-dealkylation sites (N-methyl/N-ethyl adjacent to an activating group) is 1. The van der Waals surface area contributed by atoms with Gasteiger partial charge in [0.1, 0.15) is 0 Å². The molecule has 0 aromatic rings. The van der Waals surface area contributed by atoms with E-state index in [0.29, 0.717) is 0 Å². The highest BCUT2D eigenvalue weighted by Crippen LogP contribution is 2.30. The molecule has 1 N–H and O–H groups in total. The molecule has 0 aromatic carbocycles. The van der Waals surface area contributed by atoms with Crippen LogP contribution in [0, 0.1) is 0 Å². The minimum atomic E-state index is -0.225. The van der Waals surface area contributed by atoms with Crippen molar-refractivity contribution in [3.63, 3.8) is 0 Å². The van der Waals surface area contributed by atoms with Gasteiger partial charge < -0.3 is 5.11 Å². The Morgan fingerprint density at radius 1 is 1.18 bits per heavy atom. The second-order valence-electron chi connectivity index (χ2n) is 4.72. The molecular weight excluding hydrogens is 210 g/mol. The largest absolute Gasteiger partial charge is 0.391 e. The van der Waals surface area contributed by atoms with Crippen molar-refractivity contribution in [2.75, 3.05) is 13.1 Å². The Morgan fingerprint density at radius 3 is 2.06 bits per heavy atom. The first kappa shape index (κ1) is 16.7. The number of hydrogen-bond acceptors (Lipinski definition) is 2. The number of nitrogens with zero attached hydrogens (tertiary/aromatic N) is 1. The van der Waals surface area contributed by atoms with E-state index in [1.165, 1.54) is 0 Å². The number of rotatable bonds is 10. The summed E-state index contributed by atoms with van der Waals surface area (Å²) in [5, 5.41) is 10.5. The van der Waals surface area contributed by atoms with Gasteiger partial charge in [-0.1, -0.05) is 33.8 Å². The Labute approximate surface area is 108 Å². The zero-order valence-corrected chi connectivity index (χ0v) is 12.2. The lowest BCUT2D eigenvalue weighted by molar-refractivity contribution is -0.0391. The molecular formula is C15H31NO. The molecule has 0 fully saturated rings. The molecule has 17 heavy (non-hydrogen) atoms. The fraction of sp³-hybridized carbons (Fsp3) is 0.867. The lowest BCUT2D eigenvalue weighted by Gasteiger charge is -2.46. The van der Waals surface area contributed by atoms with Crippen LogP contribution in [0.1, 0.15) is 59.8 Å². The maximum Gasteiger partial charge on any atom is 0.0723 e. The van der Waals surface area contributed by atoms with Crippen molar-refractivity contribution in [2.45, 2.75) is 71.4 Å². The van der Waals surface area contributed by atoms with E-state index in [2.05, 4.69) is 39.2 Å². The molecule has 0 aliphatic carbocycles. The summed E-state index contributed by atoms with van der Waals surface area (Å²) in [5.74, 6) is 0. The third-order valence-electron chi connectivity index (χ3n) is 4.12. The van der Waals surface area contributed by atoms with Crippen molar-refractivity contribution in [3.05, 3.63) is 12.7 Å². The van der Waals surface area contributed by atoms with Crippen LogP contribution in [0.5, 0.6) is 0 Å². The van der Waals surface area contributed by atoms with Gasteiger partial charge in [0.2, 0.25) is 0 Å². The molecule has 0 aliphatic heterocycles. The molecule has 2 nitrogen and oxygen atoms in total. The van der Waals surface area contributed by atoms with Crippen LogP contribution in [-0.2, 0) is 0 Å². The smallest absolute Gasteiger partial charge is 0.0723 e. The molecule has 0 heterocycles. The maximum absolute atomic E-state index is 10.5. The van der Waals surface area contributed by atoms with Gasteiger partial charge in [-0.25, -0.2) is 0 Å². The summed E-state index contributed by atoms with van der Waals surface area (Å²) in [4.78, 5) is 2.42. The Kier molecular flexibility index (Phi) is 8.53. The SMILES string of the molecule is C=CCCCC(O)C(CC)(CC)N(CC)CC. The highest BCUT2D eigenvalue weighted by molar-refractivity contribution is 4.94. The molecule has 0 bridgehead atoms. The molecule has 0 saturated heterocycles. The van der Waals surface area contributed by atoms with E-state index in [-0.39, 0.29) is 11.6 Å². The quantitative estimate of drug-likeness (QED) is 0.466. The first-order valence-corrected chi connectivity index (χ1v) is 7.16. The monoisotopic (exact) mass is 241 g/mol. The summed E-state index contributed by atoms with van der Waals surface area (Å²) >= 11 is 0. The van der Waals surface area contributed by atoms with E-state index in [1.54, 1.807) is 0 Å². The molecule has 0 aliphatic rings. The van der Waals surface area contributed by atoms with Crippen molar-refractivity contribution in [2.24, 2.45) is 0 Å². The van der Waals surface area contributed by atoms with E-state index in [0.717, 1.165) is 45.2 Å². The molecule has 0 aromatic heterocycles. The van der Waals surface area contributed by atoms with Crippen LogP contribution in [0.3, 0.4) is 0 Å². The molecule has 102 valence electrons. The molecule has 2 heteroatoms. The second-order valence-corrected chi connectivity index (χ2v) is 4.72. The van der Waals surface area contributed by atoms with Crippen LogP contribution < -0.4 is 0 Å². The minimum absolute atomic E-state index is 0.0370. The van der Waals surface area contributed by atoms with Gasteiger partial charge in [0, 0.05) is 5.54 Å². The van der Waals surface area contributed by atoms with E-state index in [4.69, 9.17) is 0 Å². The third-order valence-corrected chi connectivity index (χ3v) is 4.12. The van der Waals surface area contributed by atoms with Crippen molar-refractivity contribution in [3.8, 4) is 0 Å². The minimum Gasteiger partial charge on any atom is -0.391 e. The standard InChI is InChI=1S/C15H31NO/c1-6-11-12-13-14(17)15(7-2,8-3)16(9-4)10-5/h6,14,17H,1,7-13H2,2-5H3. The van der Waals surface area contributed by atoms with Gasteiger partial charge >= 0.3 is 0 Å². The van der Waals surface area contributed by atoms with Crippen LogP contribution in [0.4, 0.5) is 0 Å². The second kappa shape index (κ2) is 8.71. The predicted molar refractivity (Wildman–Crippen MR) is 76.3 cm³/mol. The van der Waals surface area contributed by atoms with E-state index >= 15 is 0 Å². The van der Waals surface area contributed by atoms with Gasteiger partial charge in [0.15, 0.2) is 0 Å². The van der Waals surface area contributed by atoms with Crippen LogP contribution in [-0.4, -0.2) is 34.7 Å². The van der Waals surface area contributed by atoms with Crippen molar-refractivity contribution >= 4 is 0 Å². The highest BCUT2D eigenvalue weighted by atomic mass is 16.3. The summed E-state index contributed by atoms with van der Waals surface area (Å²) in [6, 6.07) is 0. The van der Waals surface area contributed by atoms with Gasteiger partial charge in [0.05, 0.1) is 6.10 Å². The summed E-state index contributed by atoms with van der Waals surface area (Å²) in [6.45, 7) is 14.5. The topological polar surface area (TPSA) is 23.5 Å². The molecule has 1 unspecified atom stereocenters. The molecule has 1 atom stereocenters. The zero-order chi connectivity index (χ0) is 13.3. The van der Waals surface area contributed by atoms with Gasteiger partial charge in [-0.3, -0.25) is 4.90 Å². The Hall–Kier alpha value is -0.340. The summed E-state index contributed by atoms with van der Waals surface area (Å²) in [6.07, 6.45) is 6.65. The number of hydrogen-bond donors (Lipinski definition) is 1. The molecule has 0 rings (SSSR count). The van der Waals surface area contributed by atoms with Gasteiger partial charge in [-0.15, -0.1) is 6.58 Å². The summed E-state index contributed by atoms with van der Waals surface area (Å²) in [7, 11) is 0. The van der Waals surface area contributed by atoms with Crippen molar-refractivity contribution in [1.82, 2.24) is 4.90 Å². The lowest BCUT2D eigenvalue weighted by Crippen LogP contribution is -2.56. The fourth-order valence-electron chi connectivity index (χ4n) is 2.96. The van der Waals surface area contributed by atoms with Crippen LogP contribution in [0.25, 0.3) is 0 Å². The normalized spacial score (nSPS) is 14.0. The predicted octanol–water partition coefficient (Wildman–Crippen LogP) is 3.60. The number of unbranched alkanes of at least 4 members (excludes halogenated alkanes) is 1. The zero-order valence-electron chi connectivity index (χ0n) is 12.2. The van der Waals surface area contributed by atoms with Crippen LogP contribution >= 0.6 is 0 Å². The van der Waals surface area contributed by atoms with Crippen LogP contribution in [0.2, 0.25) is 0 Å². The number of aliphatic hydroxyl groups is 1. The van der Waals surface area contributed by atoms with Gasteiger partial charge in [-0.05, 0) is 45.2 Å². The van der Waals surface area contributed by atoms with Gasteiger partial charge in [-0.2, -0.15) is 0 Å². The van der Waals surface area contributed by atoms with Crippen molar-refractivity contribution in [1.29, 1.82) is 0 Å². The highest BCUT2D eigenvalue weighted by Gasteiger charge is 2.38.